The van der Waals surface area contributed by atoms with E-state index in [2.05, 4.69) is 5.10 Å². The summed E-state index contributed by atoms with van der Waals surface area (Å²) in [5, 5.41) is 7.70. The molecule has 1 amide bonds. The van der Waals surface area contributed by atoms with Crippen LogP contribution < -0.4 is 0 Å². The van der Waals surface area contributed by atoms with Gasteiger partial charge in [0.2, 0.25) is 5.91 Å². The van der Waals surface area contributed by atoms with Crippen LogP contribution in [0.25, 0.3) is 0 Å². The summed E-state index contributed by atoms with van der Waals surface area (Å²) in [6.45, 7) is 1.97. The fourth-order valence-corrected chi connectivity index (χ4v) is 3.44. The zero-order valence-electron chi connectivity index (χ0n) is 11.2. The number of carbonyl (C=O) groups excluding carboxylic acids is 2. The lowest BCUT2D eigenvalue weighted by Gasteiger charge is -2.41. The van der Waals surface area contributed by atoms with E-state index in [9.17, 15) is 9.59 Å². The zero-order valence-corrected chi connectivity index (χ0v) is 12.1. The lowest BCUT2D eigenvalue weighted by atomic mass is 9.69. The van der Waals surface area contributed by atoms with Gasteiger partial charge < -0.3 is 4.74 Å². The third kappa shape index (κ3) is 2.24. The Bertz CT molecular complexity index is 553. The maximum absolute atomic E-state index is 12.3. The fourth-order valence-electron chi connectivity index (χ4n) is 2.67. The van der Waals surface area contributed by atoms with Gasteiger partial charge in [-0.15, -0.1) is 11.3 Å². The summed E-state index contributed by atoms with van der Waals surface area (Å²) in [6, 6.07) is 3.99. The van der Waals surface area contributed by atoms with Crippen LogP contribution in [0.2, 0.25) is 0 Å². The summed E-state index contributed by atoms with van der Waals surface area (Å²) >= 11 is 1.62. The molecule has 0 N–H and O–H groups in total. The van der Waals surface area contributed by atoms with Crippen molar-refractivity contribution in [2.45, 2.75) is 19.8 Å². The molecule has 1 fully saturated rings. The molecule has 1 aliphatic heterocycles. The Hall–Kier alpha value is -1.69. The molecule has 0 radical (unpaired) electrons. The summed E-state index contributed by atoms with van der Waals surface area (Å²) in [5.74, 6) is -0.249. The molecule has 1 aromatic rings. The van der Waals surface area contributed by atoms with Gasteiger partial charge in [-0.2, -0.15) is 5.10 Å². The predicted octanol–water partition coefficient (Wildman–Crippen LogP) is 1.88. The van der Waals surface area contributed by atoms with E-state index in [1.54, 1.807) is 18.3 Å². The average Bonchev–Trinajstić information content (AvgIpc) is 2.88. The number of hydrazone groups is 1. The van der Waals surface area contributed by atoms with Gasteiger partial charge in [-0.05, 0) is 31.2 Å². The number of thiophene rings is 1. The van der Waals surface area contributed by atoms with Gasteiger partial charge >= 0.3 is 5.97 Å². The van der Waals surface area contributed by atoms with Gasteiger partial charge in [-0.1, -0.05) is 6.07 Å². The number of hydrogen-bond acceptors (Lipinski definition) is 5. The minimum Gasteiger partial charge on any atom is -0.465 e. The molecule has 5 nitrogen and oxygen atoms in total. The lowest BCUT2D eigenvalue weighted by Crippen LogP contribution is -2.50. The van der Waals surface area contributed by atoms with Crippen LogP contribution in [0.4, 0.5) is 0 Å². The van der Waals surface area contributed by atoms with E-state index in [0.29, 0.717) is 6.61 Å². The molecule has 1 aliphatic carbocycles. The van der Waals surface area contributed by atoms with Crippen LogP contribution in [-0.4, -0.2) is 35.7 Å². The monoisotopic (exact) mass is 292 g/mol. The first-order chi connectivity index (χ1) is 9.70. The number of hydrogen-bond donors (Lipinski definition) is 0. The van der Waals surface area contributed by atoms with Crippen LogP contribution in [0.5, 0.6) is 0 Å². The van der Waals surface area contributed by atoms with Crippen LogP contribution in [0.1, 0.15) is 24.6 Å². The summed E-state index contributed by atoms with van der Waals surface area (Å²) in [7, 11) is 0. The molecule has 2 aliphatic rings. The summed E-state index contributed by atoms with van der Waals surface area (Å²) in [4.78, 5) is 24.9. The van der Waals surface area contributed by atoms with Crippen molar-refractivity contribution in [3.05, 3.63) is 22.4 Å². The molecule has 1 saturated carbocycles. The molecule has 2 atom stereocenters. The number of amides is 1. The zero-order chi connectivity index (χ0) is 14.1. The van der Waals surface area contributed by atoms with E-state index in [1.165, 1.54) is 5.01 Å². The predicted molar refractivity (Wildman–Crippen MR) is 75.4 cm³/mol. The average molecular weight is 292 g/mol. The topological polar surface area (TPSA) is 59.0 Å². The van der Waals surface area contributed by atoms with Gasteiger partial charge in [0.15, 0.2) is 0 Å². The van der Waals surface area contributed by atoms with E-state index in [4.69, 9.17) is 4.74 Å². The number of ether oxygens (including phenoxy) is 1. The molecule has 3 rings (SSSR count). The van der Waals surface area contributed by atoms with E-state index >= 15 is 0 Å². The standard InChI is InChI=1S/C14H16N2O3S/c1-2-19-12(17)8-16-14(18)10-6-5-9(10)13(15-16)11-4-3-7-20-11/h3-4,7,9-10H,2,5-6,8H2,1H3. The Balaban J connectivity index is 1.85. The van der Waals surface area contributed by atoms with Gasteiger partial charge in [-0.3, -0.25) is 9.59 Å². The highest BCUT2D eigenvalue weighted by Gasteiger charge is 2.46. The first-order valence-electron chi connectivity index (χ1n) is 6.80. The van der Waals surface area contributed by atoms with Gasteiger partial charge in [-0.25, -0.2) is 5.01 Å². The largest absolute Gasteiger partial charge is 0.465 e. The van der Waals surface area contributed by atoms with Gasteiger partial charge in [0.1, 0.15) is 6.54 Å². The van der Waals surface area contributed by atoms with E-state index in [0.717, 1.165) is 23.4 Å². The highest BCUT2D eigenvalue weighted by molar-refractivity contribution is 7.12. The molecule has 2 unspecified atom stereocenters. The van der Waals surface area contributed by atoms with Crippen molar-refractivity contribution in [2.75, 3.05) is 13.2 Å². The van der Waals surface area contributed by atoms with Crippen LogP contribution in [0.3, 0.4) is 0 Å². The van der Waals surface area contributed by atoms with Crippen molar-refractivity contribution in [3.63, 3.8) is 0 Å². The Kier molecular flexibility index (Phi) is 3.56. The Morgan fingerprint density at radius 1 is 1.50 bits per heavy atom. The molecular weight excluding hydrogens is 276 g/mol. The van der Waals surface area contributed by atoms with Gasteiger partial charge in [0.05, 0.1) is 17.2 Å². The van der Waals surface area contributed by atoms with E-state index in [1.807, 2.05) is 17.5 Å². The second kappa shape index (κ2) is 5.36. The van der Waals surface area contributed by atoms with Crippen molar-refractivity contribution in [2.24, 2.45) is 16.9 Å². The first kappa shape index (κ1) is 13.3. The van der Waals surface area contributed by atoms with E-state index < -0.39 is 5.97 Å². The second-order valence-corrected chi connectivity index (χ2v) is 5.90. The van der Waals surface area contributed by atoms with E-state index in [-0.39, 0.29) is 24.3 Å². The number of esters is 1. The normalized spacial score (nSPS) is 24.8. The number of carbonyl (C=O) groups is 2. The SMILES string of the molecule is CCOC(=O)CN1N=C(c2cccs2)C2CCC2C1=O. The number of rotatable bonds is 4. The Morgan fingerprint density at radius 2 is 2.30 bits per heavy atom. The van der Waals surface area contributed by atoms with Crippen LogP contribution in [0, 0.1) is 11.8 Å². The quantitative estimate of drug-likeness (QED) is 0.796. The van der Waals surface area contributed by atoms with Crippen LogP contribution in [0.15, 0.2) is 22.6 Å². The van der Waals surface area contributed by atoms with Crippen molar-refractivity contribution in [3.8, 4) is 0 Å². The van der Waals surface area contributed by atoms with Gasteiger partial charge in [0.25, 0.3) is 0 Å². The number of fused-ring (bicyclic) bond motifs is 1. The summed E-state index contributed by atoms with van der Waals surface area (Å²) in [6.07, 6.45) is 1.88. The minimum atomic E-state index is -0.409. The first-order valence-corrected chi connectivity index (χ1v) is 7.68. The fraction of sp³-hybridized carbons (Fsp3) is 0.500. The molecule has 2 heterocycles. The Labute approximate surface area is 121 Å². The molecule has 20 heavy (non-hydrogen) atoms. The van der Waals surface area contributed by atoms with Crippen LogP contribution in [-0.2, 0) is 14.3 Å². The van der Waals surface area contributed by atoms with Gasteiger partial charge in [0, 0.05) is 11.8 Å². The smallest absolute Gasteiger partial charge is 0.327 e. The molecule has 0 bridgehead atoms. The third-order valence-electron chi connectivity index (χ3n) is 3.78. The molecule has 1 aromatic heterocycles. The molecular formula is C14H16N2O3S. The van der Waals surface area contributed by atoms with Crippen molar-refractivity contribution in [1.82, 2.24) is 5.01 Å². The second-order valence-electron chi connectivity index (χ2n) is 4.95. The maximum atomic E-state index is 12.3. The minimum absolute atomic E-state index is 0.0148. The third-order valence-corrected chi connectivity index (χ3v) is 4.68. The molecule has 6 heteroatoms. The molecule has 0 aromatic carbocycles. The highest BCUT2D eigenvalue weighted by Crippen LogP contribution is 2.42. The summed E-state index contributed by atoms with van der Waals surface area (Å²) in [5.41, 5.74) is 0.945. The highest BCUT2D eigenvalue weighted by atomic mass is 32.1. The molecule has 0 spiro atoms. The molecule has 106 valence electrons. The van der Waals surface area contributed by atoms with Crippen molar-refractivity contribution < 1.29 is 14.3 Å². The number of nitrogens with zero attached hydrogens (tertiary/aromatic N) is 2. The summed E-state index contributed by atoms with van der Waals surface area (Å²) < 4.78 is 4.90. The Morgan fingerprint density at radius 3 is 2.90 bits per heavy atom. The maximum Gasteiger partial charge on any atom is 0.327 e. The van der Waals surface area contributed by atoms with Crippen molar-refractivity contribution >= 4 is 28.9 Å². The van der Waals surface area contributed by atoms with Crippen LogP contribution >= 0.6 is 11.3 Å². The molecule has 0 saturated heterocycles. The lowest BCUT2D eigenvalue weighted by molar-refractivity contribution is -0.152. The van der Waals surface area contributed by atoms with Crippen molar-refractivity contribution in [1.29, 1.82) is 0 Å².